The molecule has 4 rings (SSSR count). The summed E-state index contributed by atoms with van der Waals surface area (Å²) in [7, 11) is 0. The van der Waals surface area contributed by atoms with Crippen molar-refractivity contribution in [1.29, 1.82) is 0 Å². The van der Waals surface area contributed by atoms with Gasteiger partial charge in [0.05, 0.1) is 11.9 Å². The van der Waals surface area contributed by atoms with Crippen LogP contribution in [-0.4, -0.2) is 28.1 Å². The maximum Gasteiger partial charge on any atom is 0.244 e. The monoisotopic (exact) mass is 386 g/mol. The zero-order chi connectivity index (χ0) is 20.1. The number of hydrogen-bond donors (Lipinski definition) is 1. The van der Waals surface area contributed by atoms with Crippen LogP contribution in [0.5, 0.6) is 0 Å². The van der Waals surface area contributed by atoms with Crippen LogP contribution in [0.3, 0.4) is 0 Å². The topological polar surface area (TPSA) is 67.2 Å². The molecule has 6 heteroatoms. The fraction of sp³-hybridized carbons (Fsp3) is 0.174. The highest BCUT2D eigenvalue weighted by Gasteiger charge is 2.21. The van der Waals surface area contributed by atoms with E-state index in [2.05, 4.69) is 10.4 Å². The third kappa shape index (κ3) is 4.60. The first kappa shape index (κ1) is 18.7. The Morgan fingerprint density at radius 3 is 2.59 bits per heavy atom. The SMILES string of the molecule is O=C(/C=C/c1cnn(-c2ccccc2)c1)NCc1ccc(N2CCCC2=O)cc1. The smallest absolute Gasteiger partial charge is 0.244 e. The molecule has 0 radical (unpaired) electrons. The van der Waals surface area contributed by atoms with E-state index in [1.807, 2.05) is 60.8 Å². The lowest BCUT2D eigenvalue weighted by molar-refractivity contribution is -0.117. The van der Waals surface area contributed by atoms with Crippen LogP contribution in [0.4, 0.5) is 5.69 Å². The van der Waals surface area contributed by atoms with Gasteiger partial charge in [0.2, 0.25) is 11.8 Å². The van der Waals surface area contributed by atoms with Gasteiger partial charge < -0.3 is 10.2 Å². The Bertz CT molecular complexity index is 1020. The largest absolute Gasteiger partial charge is 0.348 e. The molecule has 0 bridgehead atoms. The molecule has 0 unspecified atom stereocenters. The first-order valence-corrected chi connectivity index (χ1v) is 9.64. The van der Waals surface area contributed by atoms with Gasteiger partial charge in [-0.2, -0.15) is 5.10 Å². The summed E-state index contributed by atoms with van der Waals surface area (Å²) in [4.78, 5) is 25.7. The van der Waals surface area contributed by atoms with E-state index in [1.54, 1.807) is 21.9 Å². The molecule has 0 atom stereocenters. The number of nitrogens with zero attached hydrogens (tertiary/aromatic N) is 3. The van der Waals surface area contributed by atoms with Gasteiger partial charge in [-0.25, -0.2) is 4.68 Å². The lowest BCUT2D eigenvalue weighted by Gasteiger charge is -2.15. The summed E-state index contributed by atoms with van der Waals surface area (Å²) in [5, 5.41) is 7.18. The standard InChI is InChI=1S/C23H22N4O2/c28-22(13-10-19-16-25-27(17-19)21-5-2-1-3-6-21)24-15-18-8-11-20(12-9-18)26-14-4-7-23(26)29/h1-3,5-6,8-13,16-17H,4,7,14-15H2,(H,24,28)/b13-10+. The van der Waals surface area contributed by atoms with E-state index in [4.69, 9.17) is 0 Å². The average molecular weight is 386 g/mol. The lowest BCUT2D eigenvalue weighted by atomic mass is 10.2. The first-order valence-electron chi connectivity index (χ1n) is 9.64. The Balaban J connectivity index is 1.30. The van der Waals surface area contributed by atoms with Crippen LogP contribution < -0.4 is 10.2 Å². The molecule has 146 valence electrons. The van der Waals surface area contributed by atoms with Crippen LogP contribution in [0, 0.1) is 0 Å². The average Bonchev–Trinajstić information content (AvgIpc) is 3.41. The molecule has 29 heavy (non-hydrogen) atoms. The zero-order valence-electron chi connectivity index (χ0n) is 16.0. The van der Waals surface area contributed by atoms with Gasteiger partial charge in [-0.05, 0) is 42.3 Å². The number of carbonyl (C=O) groups is 2. The Morgan fingerprint density at radius 2 is 1.86 bits per heavy atom. The Hall–Kier alpha value is -3.67. The third-order valence-electron chi connectivity index (χ3n) is 4.84. The minimum atomic E-state index is -0.170. The summed E-state index contributed by atoms with van der Waals surface area (Å²) in [6, 6.07) is 17.5. The number of benzene rings is 2. The highest BCUT2D eigenvalue weighted by molar-refractivity contribution is 5.95. The predicted octanol–water partition coefficient (Wildman–Crippen LogP) is 3.33. The number of hydrogen-bond acceptors (Lipinski definition) is 3. The van der Waals surface area contributed by atoms with Crippen LogP contribution in [0.2, 0.25) is 0 Å². The summed E-state index contributed by atoms with van der Waals surface area (Å²) >= 11 is 0. The molecule has 0 saturated carbocycles. The molecule has 2 heterocycles. The predicted molar refractivity (Wildman–Crippen MR) is 112 cm³/mol. The van der Waals surface area contributed by atoms with E-state index in [0.29, 0.717) is 13.0 Å². The van der Waals surface area contributed by atoms with Gasteiger partial charge in [0.15, 0.2) is 0 Å². The van der Waals surface area contributed by atoms with Gasteiger partial charge in [-0.15, -0.1) is 0 Å². The maximum atomic E-state index is 12.1. The van der Waals surface area contributed by atoms with Crippen molar-refractivity contribution in [3.05, 3.63) is 84.2 Å². The van der Waals surface area contributed by atoms with E-state index in [0.717, 1.165) is 35.5 Å². The van der Waals surface area contributed by atoms with E-state index in [-0.39, 0.29) is 11.8 Å². The molecular formula is C23H22N4O2. The van der Waals surface area contributed by atoms with Crippen LogP contribution in [0.15, 0.2) is 73.1 Å². The van der Waals surface area contributed by atoms with Crippen molar-refractivity contribution in [2.75, 3.05) is 11.4 Å². The highest BCUT2D eigenvalue weighted by Crippen LogP contribution is 2.21. The number of nitrogens with one attached hydrogen (secondary N) is 1. The van der Waals surface area contributed by atoms with Crippen molar-refractivity contribution in [2.24, 2.45) is 0 Å². The second-order valence-electron chi connectivity index (χ2n) is 6.92. The van der Waals surface area contributed by atoms with Gasteiger partial charge in [-0.3, -0.25) is 9.59 Å². The second-order valence-corrected chi connectivity index (χ2v) is 6.92. The van der Waals surface area contributed by atoms with Crippen LogP contribution in [0.1, 0.15) is 24.0 Å². The molecule has 2 amide bonds. The molecule has 1 saturated heterocycles. The van der Waals surface area contributed by atoms with Crippen LogP contribution in [0.25, 0.3) is 11.8 Å². The van der Waals surface area contributed by atoms with Crippen molar-refractivity contribution in [3.8, 4) is 5.69 Å². The summed E-state index contributed by atoms with van der Waals surface area (Å²) in [5.41, 5.74) is 3.72. The number of rotatable bonds is 6. The molecule has 0 spiro atoms. The molecule has 1 fully saturated rings. The Labute approximate surface area is 169 Å². The second kappa shape index (κ2) is 8.56. The number of aromatic nitrogens is 2. The van der Waals surface area contributed by atoms with Crippen molar-refractivity contribution < 1.29 is 9.59 Å². The van der Waals surface area contributed by atoms with E-state index < -0.39 is 0 Å². The summed E-state index contributed by atoms with van der Waals surface area (Å²) in [6.45, 7) is 1.21. The summed E-state index contributed by atoms with van der Waals surface area (Å²) < 4.78 is 1.77. The number of carbonyl (C=O) groups excluding carboxylic acids is 2. The molecular weight excluding hydrogens is 364 g/mol. The van der Waals surface area contributed by atoms with Gasteiger partial charge in [0, 0.05) is 43.0 Å². The molecule has 1 aromatic heterocycles. The lowest BCUT2D eigenvalue weighted by Crippen LogP contribution is -2.23. The fourth-order valence-corrected chi connectivity index (χ4v) is 3.28. The van der Waals surface area contributed by atoms with Crippen LogP contribution >= 0.6 is 0 Å². The van der Waals surface area contributed by atoms with Crippen LogP contribution in [-0.2, 0) is 16.1 Å². The highest BCUT2D eigenvalue weighted by atomic mass is 16.2. The van der Waals surface area contributed by atoms with Crippen molar-refractivity contribution >= 4 is 23.6 Å². The third-order valence-corrected chi connectivity index (χ3v) is 4.84. The number of amides is 2. The summed E-state index contributed by atoms with van der Waals surface area (Å²) in [5.74, 6) is 0.00281. The normalized spacial score (nSPS) is 13.9. The molecule has 1 aliphatic rings. The summed E-state index contributed by atoms with van der Waals surface area (Å²) in [6.07, 6.45) is 8.36. The van der Waals surface area contributed by atoms with E-state index in [9.17, 15) is 9.59 Å². The van der Waals surface area contributed by atoms with Crippen molar-refractivity contribution in [1.82, 2.24) is 15.1 Å². The van der Waals surface area contributed by atoms with Gasteiger partial charge >= 0.3 is 0 Å². The van der Waals surface area contributed by atoms with Gasteiger partial charge in [0.1, 0.15) is 0 Å². The minimum absolute atomic E-state index is 0.170. The van der Waals surface area contributed by atoms with Gasteiger partial charge in [-0.1, -0.05) is 30.3 Å². The Kier molecular flexibility index (Phi) is 5.52. The number of anilines is 1. The van der Waals surface area contributed by atoms with Gasteiger partial charge in [0.25, 0.3) is 0 Å². The minimum Gasteiger partial charge on any atom is -0.348 e. The zero-order valence-corrected chi connectivity index (χ0v) is 16.0. The molecule has 2 aromatic carbocycles. The molecule has 3 aromatic rings. The first-order chi connectivity index (χ1) is 14.2. The van der Waals surface area contributed by atoms with E-state index >= 15 is 0 Å². The molecule has 1 aliphatic heterocycles. The Morgan fingerprint density at radius 1 is 1.07 bits per heavy atom. The maximum absolute atomic E-state index is 12.1. The number of para-hydroxylation sites is 1. The quantitative estimate of drug-likeness (QED) is 0.661. The fourth-order valence-electron chi connectivity index (χ4n) is 3.28. The van der Waals surface area contributed by atoms with Crippen molar-refractivity contribution in [2.45, 2.75) is 19.4 Å². The molecule has 6 nitrogen and oxygen atoms in total. The molecule has 0 aliphatic carbocycles. The molecule has 1 N–H and O–H groups in total. The van der Waals surface area contributed by atoms with E-state index in [1.165, 1.54) is 6.08 Å². The van der Waals surface area contributed by atoms with Crippen molar-refractivity contribution in [3.63, 3.8) is 0 Å².